The fourth-order valence-electron chi connectivity index (χ4n) is 2.54. The van der Waals surface area contributed by atoms with E-state index in [4.69, 9.17) is 4.74 Å². The first kappa shape index (κ1) is 17.6. The smallest absolute Gasteiger partial charge is 0.309 e. The topological polar surface area (TPSA) is 64.9 Å². The first-order chi connectivity index (χ1) is 11.8. The molecule has 3 aromatic rings. The molecule has 3 rings (SSSR count). The van der Waals surface area contributed by atoms with Crippen molar-refractivity contribution in [3.8, 4) is 5.88 Å². The molecule has 130 valence electrons. The number of hydrogen-bond donors (Lipinski definition) is 0. The fraction of sp³-hybridized carbons (Fsp3) is 0.167. The average Bonchev–Trinajstić information content (AvgIpc) is 2.80. The Balaban J connectivity index is 2.04. The zero-order valence-electron chi connectivity index (χ0n) is 14.0. The molecule has 0 bridgehead atoms. The highest BCUT2D eigenvalue weighted by atomic mass is 32.2. The summed E-state index contributed by atoms with van der Waals surface area (Å²) in [5.41, 5.74) is 1.78. The Kier molecular flexibility index (Phi) is 4.62. The minimum Gasteiger partial charge on any atom is -0.409 e. The number of nitrogens with zero attached hydrogens (tertiary/aromatic N) is 1. The largest absolute Gasteiger partial charge is 0.409 e. The number of esters is 1. The highest BCUT2D eigenvalue weighted by Crippen LogP contribution is 2.40. The number of rotatable bonds is 4. The second kappa shape index (κ2) is 6.57. The van der Waals surface area contributed by atoms with Gasteiger partial charge in [-0.1, -0.05) is 17.8 Å². The van der Waals surface area contributed by atoms with Gasteiger partial charge in [0.25, 0.3) is 0 Å². The Hall–Kier alpha value is -2.25. The lowest BCUT2D eigenvalue weighted by molar-refractivity contribution is -0.132. The van der Waals surface area contributed by atoms with Crippen molar-refractivity contribution >= 4 is 33.1 Å². The van der Waals surface area contributed by atoms with Crippen molar-refractivity contribution in [2.75, 3.05) is 6.26 Å². The standard InChI is InChI=1S/C18H17NO4S2/c1-12-17(24-14-7-9-15(10-8-14)25(3,21)22)16-6-4-5-11-19(16)18(12)23-13(2)20/h4-11H,1-3H3. The molecule has 0 radical (unpaired) electrons. The van der Waals surface area contributed by atoms with Crippen LogP contribution in [-0.2, 0) is 14.6 Å². The molecule has 7 heteroatoms. The monoisotopic (exact) mass is 375 g/mol. The van der Waals surface area contributed by atoms with Gasteiger partial charge < -0.3 is 4.74 Å². The molecule has 1 aromatic carbocycles. The lowest BCUT2D eigenvalue weighted by Crippen LogP contribution is -2.04. The molecule has 0 fully saturated rings. The molecule has 0 spiro atoms. The number of ether oxygens (including phenoxy) is 1. The van der Waals surface area contributed by atoms with Gasteiger partial charge in [-0.15, -0.1) is 0 Å². The zero-order valence-corrected chi connectivity index (χ0v) is 15.6. The first-order valence-electron chi connectivity index (χ1n) is 7.53. The fourth-order valence-corrected chi connectivity index (χ4v) is 4.19. The van der Waals surface area contributed by atoms with Crippen molar-refractivity contribution in [1.29, 1.82) is 0 Å². The Morgan fingerprint density at radius 1 is 1.12 bits per heavy atom. The third-order valence-corrected chi connectivity index (χ3v) is 6.04. The number of carbonyl (C=O) groups excluding carboxylic acids is 1. The molecule has 0 aliphatic rings. The van der Waals surface area contributed by atoms with Crippen LogP contribution in [0.1, 0.15) is 12.5 Å². The van der Waals surface area contributed by atoms with Crippen molar-refractivity contribution in [2.45, 2.75) is 28.5 Å². The van der Waals surface area contributed by atoms with E-state index in [1.54, 1.807) is 24.3 Å². The second-order valence-electron chi connectivity index (χ2n) is 5.65. The van der Waals surface area contributed by atoms with E-state index in [-0.39, 0.29) is 10.9 Å². The van der Waals surface area contributed by atoms with Gasteiger partial charge >= 0.3 is 5.97 Å². The van der Waals surface area contributed by atoms with Gasteiger partial charge in [-0.3, -0.25) is 9.20 Å². The maximum absolute atomic E-state index is 11.6. The predicted octanol–water partition coefficient (Wildman–Crippen LogP) is 3.73. The summed E-state index contributed by atoms with van der Waals surface area (Å²) in [5.74, 6) is 0.124. The van der Waals surface area contributed by atoms with Crippen molar-refractivity contribution < 1.29 is 17.9 Å². The predicted molar refractivity (Wildman–Crippen MR) is 97.1 cm³/mol. The molecule has 25 heavy (non-hydrogen) atoms. The summed E-state index contributed by atoms with van der Waals surface area (Å²) in [6, 6.07) is 12.5. The van der Waals surface area contributed by atoms with E-state index in [0.29, 0.717) is 5.88 Å². The van der Waals surface area contributed by atoms with Crippen molar-refractivity contribution in [3.05, 3.63) is 54.2 Å². The zero-order chi connectivity index (χ0) is 18.2. The summed E-state index contributed by atoms with van der Waals surface area (Å²) in [7, 11) is -3.22. The molecule has 0 amide bonds. The van der Waals surface area contributed by atoms with Gasteiger partial charge in [0, 0.05) is 34.7 Å². The Morgan fingerprint density at radius 2 is 1.80 bits per heavy atom. The molecular weight excluding hydrogens is 358 g/mol. The van der Waals surface area contributed by atoms with E-state index in [1.807, 2.05) is 35.7 Å². The Bertz CT molecular complexity index is 1050. The molecule has 5 nitrogen and oxygen atoms in total. The molecule has 0 unspecified atom stereocenters. The molecule has 0 aliphatic heterocycles. The van der Waals surface area contributed by atoms with Crippen LogP contribution in [0, 0.1) is 6.92 Å². The van der Waals surface area contributed by atoms with E-state index in [0.717, 1.165) is 20.9 Å². The summed E-state index contributed by atoms with van der Waals surface area (Å²) in [5, 5.41) is 0. The summed E-state index contributed by atoms with van der Waals surface area (Å²) in [6.07, 6.45) is 3.03. The van der Waals surface area contributed by atoms with Crippen LogP contribution >= 0.6 is 11.8 Å². The molecule has 0 atom stereocenters. The Labute approximate surface area is 150 Å². The number of aromatic nitrogens is 1. The van der Waals surface area contributed by atoms with Crippen LogP contribution in [-0.4, -0.2) is 25.0 Å². The summed E-state index contributed by atoms with van der Waals surface area (Å²) >= 11 is 1.50. The number of sulfone groups is 1. The van der Waals surface area contributed by atoms with Crippen LogP contribution in [0.4, 0.5) is 0 Å². The van der Waals surface area contributed by atoms with E-state index in [9.17, 15) is 13.2 Å². The maximum atomic E-state index is 11.6. The normalized spacial score (nSPS) is 11.6. The Morgan fingerprint density at radius 3 is 2.40 bits per heavy atom. The van der Waals surface area contributed by atoms with Gasteiger partial charge in [0.1, 0.15) is 0 Å². The van der Waals surface area contributed by atoms with Crippen LogP contribution in [0.25, 0.3) is 5.52 Å². The summed E-state index contributed by atoms with van der Waals surface area (Å²) < 4.78 is 30.4. The van der Waals surface area contributed by atoms with Crippen LogP contribution in [0.2, 0.25) is 0 Å². The van der Waals surface area contributed by atoms with E-state index in [2.05, 4.69) is 0 Å². The lowest BCUT2D eigenvalue weighted by atomic mass is 10.3. The quantitative estimate of drug-likeness (QED) is 0.650. The van der Waals surface area contributed by atoms with E-state index in [1.165, 1.54) is 24.9 Å². The van der Waals surface area contributed by atoms with Crippen LogP contribution in [0.5, 0.6) is 5.88 Å². The van der Waals surface area contributed by atoms with Gasteiger partial charge in [0.2, 0.25) is 5.88 Å². The maximum Gasteiger partial charge on any atom is 0.309 e. The highest BCUT2D eigenvalue weighted by molar-refractivity contribution is 7.99. The molecule has 2 aromatic heterocycles. The number of fused-ring (bicyclic) bond motifs is 1. The average molecular weight is 375 g/mol. The van der Waals surface area contributed by atoms with Crippen LogP contribution in [0.15, 0.2) is 63.3 Å². The highest BCUT2D eigenvalue weighted by Gasteiger charge is 2.18. The van der Waals surface area contributed by atoms with Gasteiger partial charge in [0.05, 0.1) is 10.4 Å². The summed E-state index contributed by atoms with van der Waals surface area (Å²) in [4.78, 5) is 13.6. The number of hydrogen-bond acceptors (Lipinski definition) is 5. The minimum absolute atomic E-state index is 0.288. The van der Waals surface area contributed by atoms with Crippen LogP contribution in [0.3, 0.4) is 0 Å². The van der Waals surface area contributed by atoms with Crippen LogP contribution < -0.4 is 4.74 Å². The van der Waals surface area contributed by atoms with Crippen molar-refractivity contribution in [3.63, 3.8) is 0 Å². The third-order valence-electron chi connectivity index (χ3n) is 3.68. The van der Waals surface area contributed by atoms with Gasteiger partial charge in [-0.25, -0.2) is 8.42 Å². The lowest BCUT2D eigenvalue weighted by Gasteiger charge is -2.04. The van der Waals surface area contributed by atoms with Crippen molar-refractivity contribution in [2.24, 2.45) is 0 Å². The summed E-state index contributed by atoms with van der Waals surface area (Å²) in [6.45, 7) is 3.27. The molecule has 0 saturated carbocycles. The molecule has 0 N–H and O–H groups in total. The third kappa shape index (κ3) is 3.57. The molecule has 0 aliphatic carbocycles. The first-order valence-corrected chi connectivity index (χ1v) is 10.2. The van der Waals surface area contributed by atoms with Crippen molar-refractivity contribution in [1.82, 2.24) is 4.40 Å². The SMILES string of the molecule is CC(=O)Oc1c(C)c(Sc2ccc(S(C)(=O)=O)cc2)c2ccccn12. The number of carbonyl (C=O) groups is 1. The van der Waals surface area contributed by atoms with Gasteiger partial charge in [-0.2, -0.15) is 0 Å². The minimum atomic E-state index is -3.22. The van der Waals surface area contributed by atoms with E-state index < -0.39 is 9.84 Å². The second-order valence-corrected chi connectivity index (χ2v) is 8.75. The molecule has 0 saturated heterocycles. The number of pyridine rings is 1. The number of benzene rings is 1. The van der Waals surface area contributed by atoms with Gasteiger partial charge in [-0.05, 0) is 43.3 Å². The van der Waals surface area contributed by atoms with E-state index >= 15 is 0 Å². The molecular formula is C18H17NO4S2. The molecule has 2 heterocycles. The van der Waals surface area contributed by atoms with Gasteiger partial charge in [0.15, 0.2) is 9.84 Å².